The molecule has 128 valence electrons. The Labute approximate surface area is 130 Å². The summed E-state index contributed by atoms with van der Waals surface area (Å²) in [6.45, 7) is 15.1. The molecule has 0 saturated carbocycles. The molecule has 21 heavy (non-hydrogen) atoms. The van der Waals surface area contributed by atoms with E-state index >= 15 is 0 Å². The molecule has 0 heterocycles. The number of nitrogens with two attached hydrogens (primary N) is 2. The molecule has 0 aliphatic rings. The monoisotopic (exact) mass is 304 g/mol. The van der Waals surface area contributed by atoms with Crippen LogP contribution in [0.3, 0.4) is 0 Å². The van der Waals surface area contributed by atoms with Gasteiger partial charge in [-0.05, 0) is 41.5 Å². The van der Waals surface area contributed by atoms with Gasteiger partial charge in [-0.25, -0.2) is 0 Å². The summed E-state index contributed by atoms with van der Waals surface area (Å²) in [6, 6.07) is 0. The van der Waals surface area contributed by atoms with Crippen molar-refractivity contribution in [3.63, 3.8) is 0 Å². The quantitative estimate of drug-likeness (QED) is 0.739. The molecule has 5 heteroatoms. The predicted molar refractivity (Wildman–Crippen MR) is 89.0 cm³/mol. The van der Waals surface area contributed by atoms with Crippen molar-refractivity contribution < 1.29 is 14.7 Å². The van der Waals surface area contributed by atoms with Gasteiger partial charge in [-0.3, -0.25) is 9.59 Å². The van der Waals surface area contributed by atoms with Crippen molar-refractivity contribution in [1.82, 2.24) is 0 Å². The molecule has 0 spiro atoms. The van der Waals surface area contributed by atoms with Crippen LogP contribution in [0.25, 0.3) is 0 Å². The van der Waals surface area contributed by atoms with Gasteiger partial charge in [-0.1, -0.05) is 28.2 Å². The minimum Gasteiger partial charge on any atom is -0.383 e. The van der Waals surface area contributed by atoms with Crippen molar-refractivity contribution in [3.05, 3.63) is 0 Å². The van der Waals surface area contributed by atoms with Gasteiger partial charge in [0.15, 0.2) is 11.6 Å². The third-order valence-corrected chi connectivity index (χ3v) is 2.41. The van der Waals surface area contributed by atoms with E-state index in [4.69, 9.17) is 11.5 Å². The Hall–Kier alpha value is -0.780. The molecule has 0 unspecified atom stereocenters. The van der Waals surface area contributed by atoms with E-state index < -0.39 is 16.7 Å². The van der Waals surface area contributed by atoms with E-state index in [0.29, 0.717) is 0 Å². The van der Waals surface area contributed by atoms with Gasteiger partial charge in [-0.2, -0.15) is 0 Å². The first-order valence-electron chi connectivity index (χ1n) is 6.71. The summed E-state index contributed by atoms with van der Waals surface area (Å²) in [4.78, 5) is 22.5. The highest BCUT2D eigenvalue weighted by Gasteiger charge is 2.34. The van der Waals surface area contributed by atoms with Crippen molar-refractivity contribution in [1.29, 1.82) is 0 Å². The van der Waals surface area contributed by atoms with E-state index in [-0.39, 0.29) is 24.4 Å². The van der Waals surface area contributed by atoms with E-state index in [1.54, 1.807) is 27.7 Å². The van der Waals surface area contributed by atoms with Gasteiger partial charge >= 0.3 is 0 Å². The Morgan fingerprint density at radius 3 is 0.952 bits per heavy atom. The molecule has 0 aromatic heterocycles. The number of carbonyl (C=O) groups excluding carboxylic acids is 2. The van der Waals surface area contributed by atoms with Crippen LogP contribution in [0.1, 0.15) is 69.7 Å². The zero-order valence-electron chi connectivity index (χ0n) is 14.4. The molecular formula is C16H36N2O3. The summed E-state index contributed by atoms with van der Waals surface area (Å²) >= 11 is 0. The SMILES string of the molecule is C.CC(C)(C)C(=O)C(C)(C)N.CC(C)(N)C(=O)C(C)(C)O. The van der Waals surface area contributed by atoms with Gasteiger partial charge in [0.1, 0.15) is 5.60 Å². The minimum absolute atomic E-state index is 0. The molecule has 0 atom stereocenters. The second-order valence-corrected chi connectivity index (χ2v) is 7.91. The third-order valence-electron chi connectivity index (χ3n) is 2.41. The molecule has 5 N–H and O–H groups in total. The average molecular weight is 304 g/mol. The topological polar surface area (TPSA) is 106 Å². The summed E-state index contributed by atoms with van der Waals surface area (Å²) in [5.74, 6) is -0.250. The predicted octanol–water partition coefficient (Wildman–Crippen LogP) is 2.04. The zero-order valence-corrected chi connectivity index (χ0v) is 14.4. The highest BCUT2D eigenvalue weighted by molar-refractivity contribution is 5.93. The summed E-state index contributed by atoms with van der Waals surface area (Å²) < 4.78 is 0. The minimum atomic E-state index is -1.32. The van der Waals surface area contributed by atoms with E-state index in [1.165, 1.54) is 13.8 Å². The first-order chi connectivity index (χ1) is 8.31. The summed E-state index contributed by atoms with van der Waals surface area (Å²) in [5.41, 5.74) is 7.79. The van der Waals surface area contributed by atoms with E-state index in [9.17, 15) is 14.7 Å². The van der Waals surface area contributed by atoms with Crippen molar-refractivity contribution in [2.24, 2.45) is 16.9 Å². The van der Waals surface area contributed by atoms with Crippen LogP contribution in [0.5, 0.6) is 0 Å². The fourth-order valence-corrected chi connectivity index (χ4v) is 1.75. The number of rotatable bonds is 3. The number of hydrogen-bond acceptors (Lipinski definition) is 5. The van der Waals surface area contributed by atoms with E-state index in [1.807, 2.05) is 20.8 Å². The highest BCUT2D eigenvalue weighted by atomic mass is 16.3. The largest absolute Gasteiger partial charge is 0.383 e. The Kier molecular flexibility index (Phi) is 8.96. The standard InChI is InChI=1S/C8H17NO.C7H15NO2.CH4/c1-7(2,3)6(10)8(4,5)9;1-6(2,8)5(9)7(3,4)10;/h9H2,1-5H3;10H,8H2,1-4H3;1H4. The van der Waals surface area contributed by atoms with Crippen molar-refractivity contribution in [2.45, 2.75) is 86.4 Å². The summed E-state index contributed by atoms with van der Waals surface area (Å²) in [7, 11) is 0. The fourth-order valence-electron chi connectivity index (χ4n) is 1.75. The molecule has 0 saturated heterocycles. The van der Waals surface area contributed by atoms with Gasteiger partial charge in [0.2, 0.25) is 0 Å². The smallest absolute Gasteiger partial charge is 0.182 e. The van der Waals surface area contributed by atoms with Crippen molar-refractivity contribution in [3.8, 4) is 0 Å². The molecule has 0 amide bonds. The van der Waals surface area contributed by atoms with Crippen LogP contribution in [0, 0.1) is 5.41 Å². The second-order valence-electron chi connectivity index (χ2n) is 7.91. The van der Waals surface area contributed by atoms with Crippen LogP contribution >= 0.6 is 0 Å². The summed E-state index contributed by atoms with van der Waals surface area (Å²) in [6.07, 6.45) is 0. The Morgan fingerprint density at radius 2 is 0.952 bits per heavy atom. The van der Waals surface area contributed by atoms with Crippen LogP contribution in [0.2, 0.25) is 0 Å². The second kappa shape index (κ2) is 7.47. The number of carbonyl (C=O) groups is 2. The maximum absolute atomic E-state index is 11.4. The average Bonchev–Trinajstić information content (AvgIpc) is 2.10. The lowest BCUT2D eigenvalue weighted by molar-refractivity contribution is -0.138. The molecule has 0 radical (unpaired) electrons. The molecule has 0 fully saturated rings. The molecule has 0 bridgehead atoms. The normalized spacial score (nSPS) is 12.8. The molecule has 5 nitrogen and oxygen atoms in total. The zero-order chi connectivity index (χ0) is 17.2. The molecule has 0 aliphatic carbocycles. The Balaban J connectivity index is -0.000000295. The number of ketones is 2. The van der Waals surface area contributed by atoms with Gasteiger partial charge in [-0.15, -0.1) is 0 Å². The van der Waals surface area contributed by atoms with Crippen LogP contribution in [-0.4, -0.2) is 33.4 Å². The number of aliphatic hydroxyl groups is 1. The third kappa shape index (κ3) is 10.6. The first kappa shape index (κ1) is 25.2. The fraction of sp³-hybridized carbons (Fsp3) is 0.875. The summed E-state index contributed by atoms with van der Waals surface area (Å²) in [5, 5.41) is 9.19. The van der Waals surface area contributed by atoms with Crippen LogP contribution < -0.4 is 11.5 Å². The van der Waals surface area contributed by atoms with Crippen LogP contribution in [0.15, 0.2) is 0 Å². The maximum Gasteiger partial charge on any atom is 0.182 e. The number of hydrogen-bond donors (Lipinski definition) is 3. The van der Waals surface area contributed by atoms with Gasteiger partial charge < -0.3 is 16.6 Å². The molecule has 0 aliphatic heterocycles. The van der Waals surface area contributed by atoms with Crippen molar-refractivity contribution in [2.75, 3.05) is 0 Å². The molecule has 0 aromatic carbocycles. The lowest BCUT2D eigenvalue weighted by atomic mass is 9.81. The highest BCUT2D eigenvalue weighted by Crippen LogP contribution is 2.20. The van der Waals surface area contributed by atoms with Crippen LogP contribution in [0.4, 0.5) is 0 Å². The number of Topliss-reactive ketones (excluding diaryl/α,β-unsaturated/α-hetero) is 2. The Bertz CT molecular complexity index is 280. The maximum atomic E-state index is 11.4. The molecular weight excluding hydrogens is 268 g/mol. The van der Waals surface area contributed by atoms with Gasteiger partial charge in [0, 0.05) is 5.41 Å². The molecule has 0 aromatic rings. The lowest BCUT2D eigenvalue weighted by Crippen LogP contribution is -2.51. The lowest BCUT2D eigenvalue weighted by Gasteiger charge is -2.26. The first-order valence-corrected chi connectivity index (χ1v) is 6.71. The molecule has 0 rings (SSSR count). The van der Waals surface area contributed by atoms with Crippen molar-refractivity contribution >= 4 is 11.6 Å². The Morgan fingerprint density at radius 1 is 0.714 bits per heavy atom. The van der Waals surface area contributed by atoms with Gasteiger partial charge in [0.25, 0.3) is 0 Å². The van der Waals surface area contributed by atoms with E-state index in [0.717, 1.165) is 0 Å². The van der Waals surface area contributed by atoms with Gasteiger partial charge in [0.05, 0.1) is 11.1 Å². The van der Waals surface area contributed by atoms with Crippen LogP contribution in [-0.2, 0) is 9.59 Å². The van der Waals surface area contributed by atoms with E-state index in [2.05, 4.69) is 0 Å².